The number of hydrogen-bond acceptors (Lipinski definition) is 5. The van der Waals surface area contributed by atoms with Crippen LogP contribution in [0.1, 0.15) is 32.9 Å². The normalized spacial score (nSPS) is 10.8. The lowest BCUT2D eigenvalue weighted by Gasteiger charge is -2.22. The fourth-order valence-corrected chi connectivity index (χ4v) is 4.19. The number of halogens is 1. The van der Waals surface area contributed by atoms with Crippen molar-refractivity contribution in [1.82, 2.24) is 14.9 Å². The molecular weight excluding hydrogens is 442 g/mol. The molecule has 0 saturated carbocycles. The Kier molecular flexibility index (Phi) is 7.24. The van der Waals surface area contributed by atoms with Crippen LogP contribution in [0.25, 0.3) is 0 Å². The van der Waals surface area contributed by atoms with Gasteiger partial charge in [0, 0.05) is 12.3 Å². The third-order valence-corrected chi connectivity index (χ3v) is 6.01. The molecule has 0 aliphatic rings. The van der Waals surface area contributed by atoms with Crippen molar-refractivity contribution in [2.45, 2.75) is 30.9 Å². The van der Waals surface area contributed by atoms with Crippen LogP contribution in [0.15, 0.2) is 88.8 Å². The first kappa shape index (κ1) is 22.1. The highest BCUT2D eigenvalue weighted by Crippen LogP contribution is 2.24. The average molecular weight is 464 g/mol. The summed E-state index contributed by atoms with van der Waals surface area (Å²) in [6.45, 7) is 2.78. The number of amides is 1. The van der Waals surface area contributed by atoms with Gasteiger partial charge >= 0.3 is 0 Å². The minimum absolute atomic E-state index is 0.191. The smallest absolute Gasteiger partial charge is 0.274 e. The van der Waals surface area contributed by atoms with E-state index >= 15 is 0 Å². The number of carbonyl (C=O) groups excluding carboxylic acids is 1. The van der Waals surface area contributed by atoms with Gasteiger partial charge in [-0.05, 0) is 30.2 Å². The van der Waals surface area contributed by atoms with E-state index in [2.05, 4.69) is 35.1 Å². The van der Waals surface area contributed by atoms with Gasteiger partial charge in [-0.15, -0.1) is 0 Å². The fourth-order valence-electron chi connectivity index (χ4n) is 3.26. The highest BCUT2D eigenvalue weighted by molar-refractivity contribution is 7.98. The molecule has 0 fully saturated rings. The van der Waals surface area contributed by atoms with Gasteiger partial charge in [-0.25, -0.2) is 9.97 Å². The third kappa shape index (κ3) is 5.78. The molecule has 7 heteroatoms. The van der Waals surface area contributed by atoms with E-state index in [1.807, 2.05) is 42.5 Å². The Labute approximate surface area is 196 Å². The molecule has 0 saturated heterocycles. The van der Waals surface area contributed by atoms with Crippen molar-refractivity contribution < 1.29 is 9.21 Å². The molecule has 32 heavy (non-hydrogen) atoms. The molecule has 0 spiro atoms. The van der Waals surface area contributed by atoms with Crippen molar-refractivity contribution in [3.63, 3.8) is 0 Å². The standard InChI is InChI=1S/C25H22ClN3O2S/c1-18-7-5-10-20(13-18)17-32-25-27-14-22(26)23(28-25)24(30)29(16-21-11-6-12-31-21)15-19-8-3-2-4-9-19/h2-14H,15-17H2,1H3. The maximum Gasteiger partial charge on any atom is 0.274 e. The highest BCUT2D eigenvalue weighted by Gasteiger charge is 2.23. The first-order valence-corrected chi connectivity index (χ1v) is 11.5. The number of aromatic nitrogens is 2. The number of carbonyl (C=O) groups is 1. The molecule has 2 aromatic carbocycles. The van der Waals surface area contributed by atoms with Gasteiger partial charge in [0.15, 0.2) is 10.9 Å². The molecule has 1 amide bonds. The molecule has 2 aromatic heterocycles. The summed E-state index contributed by atoms with van der Waals surface area (Å²) in [5, 5.41) is 0.740. The summed E-state index contributed by atoms with van der Waals surface area (Å²) in [5.41, 5.74) is 3.57. The summed E-state index contributed by atoms with van der Waals surface area (Å²) in [5.74, 6) is 1.13. The second-order valence-corrected chi connectivity index (χ2v) is 8.70. The van der Waals surface area contributed by atoms with Gasteiger partial charge in [0.05, 0.1) is 24.0 Å². The molecule has 0 N–H and O–H groups in total. The van der Waals surface area contributed by atoms with Gasteiger partial charge < -0.3 is 9.32 Å². The first-order chi connectivity index (χ1) is 15.6. The Hall–Kier alpha value is -3.09. The fraction of sp³-hybridized carbons (Fsp3) is 0.160. The van der Waals surface area contributed by atoms with Crippen LogP contribution in [0.2, 0.25) is 5.02 Å². The van der Waals surface area contributed by atoms with E-state index in [1.54, 1.807) is 17.2 Å². The molecule has 4 aromatic rings. The number of furan rings is 1. The van der Waals surface area contributed by atoms with Gasteiger partial charge in [-0.3, -0.25) is 4.79 Å². The molecule has 0 unspecified atom stereocenters. The maximum atomic E-state index is 13.5. The van der Waals surface area contributed by atoms with E-state index in [0.717, 1.165) is 5.56 Å². The molecular formula is C25H22ClN3O2S. The van der Waals surface area contributed by atoms with E-state index in [0.29, 0.717) is 29.8 Å². The Morgan fingerprint density at radius 2 is 1.84 bits per heavy atom. The van der Waals surface area contributed by atoms with Crippen LogP contribution in [0.5, 0.6) is 0 Å². The van der Waals surface area contributed by atoms with Crippen molar-refractivity contribution in [3.8, 4) is 0 Å². The molecule has 0 atom stereocenters. The molecule has 5 nitrogen and oxygen atoms in total. The van der Waals surface area contributed by atoms with Crippen molar-refractivity contribution >= 4 is 29.3 Å². The van der Waals surface area contributed by atoms with Crippen molar-refractivity contribution in [1.29, 1.82) is 0 Å². The maximum absolute atomic E-state index is 13.5. The predicted molar refractivity (Wildman–Crippen MR) is 127 cm³/mol. The summed E-state index contributed by atoms with van der Waals surface area (Å²) in [6, 6.07) is 21.7. The Morgan fingerprint density at radius 3 is 2.59 bits per heavy atom. The monoisotopic (exact) mass is 463 g/mol. The zero-order valence-electron chi connectivity index (χ0n) is 17.6. The molecule has 2 heterocycles. The summed E-state index contributed by atoms with van der Waals surface area (Å²) in [6.07, 6.45) is 3.09. The number of thioether (sulfide) groups is 1. The van der Waals surface area contributed by atoms with E-state index < -0.39 is 0 Å². The summed E-state index contributed by atoms with van der Waals surface area (Å²) in [4.78, 5) is 24.0. The number of rotatable bonds is 8. The van der Waals surface area contributed by atoms with Crippen LogP contribution in [-0.2, 0) is 18.8 Å². The quantitative estimate of drug-likeness (QED) is 0.231. The molecule has 0 bridgehead atoms. The summed E-state index contributed by atoms with van der Waals surface area (Å²) < 4.78 is 5.48. The van der Waals surface area contributed by atoms with Gasteiger partial charge in [-0.2, -0.15) is 0 Å². The van der Waals surface area contributed by atoms with Crippen molar-refractivity contribution in [2.75, 3.05) is 0 Å². The first-order valence-electron chi connectivity index (χ1n) is 10.1. The van der Waals surface area contributed by atoms with Crippen LogP contribution in [0.4, 0.5) is 0 Å². The predicted octanol–water partition coefficient (Wildman–Crippen LogP) is 6.17. The van der Waals surface area contributed by atoms with Crippen molar-refractivity contribution in [2.24, 2.45) is 0 Å². The van der Waals surface area contributed by atoms with Gasteiger partial charge in [0.25, 0.3) is 5.91 Å². The number of aryl methyl sites for hydroxylation is 1. The minimum Gasteiger partial charge on any atom is -0.467 e. The Bertz CT molecular complexity index is 1180. The summed E-state index contributed by atoms with van der Waals surface area (Å²) in [7, 11) is 0. The van der Waals surface area contributed by atoms with E-state index in [-0.39, 0.29) is 16.6 Å². The highest BCUT2D eigenvalue weighted by atomic mass is 35.5. The van der Waals surface area contributed by atoms with Crippen LogP contribution in [0.3, 0.4) is 0 Å². The Balaban J connectivity index is 1.55. The lowest BCUT2D eigenvalue weighted by atomic mass is 10.2. The van der Waals surface area contributed by atoms with Crippen LogP contribution >= 0.6 is 23.4 Å². The largest absolute Gasteiger partial charge is 0.467 e. The lowest BCUT2D eigenvalue weighted by Crippen LogP contribution is -2.31. The minimum atomic E-state index is -0.268. The molecule has 4 rings (SSSR count). The molecule has 0 aliphatic carbocycles. The Morgan fingerprint density at radius 1 is 1.03 bits per heavy atom. The zero-order valence-corrected chi connectivity index (χ0v) is 19.1. The zero-order chi connectivity index (χ0) is 22.3. The lowest BCUT2D eigenvalue weighted by molar-refractivity contribution is 0.0710. The van der Waals surface area contributed by atoms with Crippen LogP contribution < -0.4 is 0 Å². The number of benzene rings is 2. The molecule has 0 aliphatic heterocycles. The number of hydrogen-bond donors (Lipinski definition) is 0. The average Bonchev–Trinajstić information content (AvgIpc) is 3.32. The van der Waals surface area contributed by atoms with Gasteiger partial charge in [-0.1, -0.05) is 83.5 Å². The third-order valence-electron chi connectivity index (χ3n) is 4.81. The van der Waals surface area contributed by atoms with Gasteiger partial charge in [0.1, 0.15) is 5.76 Å². The summed E-state index contributed by atoms with van der Waals surface area (Å²) >= 11 is 7.83. The van der Waals surface area contributed by atoms with Crippen LogP contribution in [-0.4, -0.2) is 20.8 Å². The van der Waals surface area contributed by atoms with E-state index in [9.17, 15) is 4.79 Å². The SMILES string of the molecule is Cc1cccc(CSc2ncc(Cl)c(C(=O)N(Cc3ccccc3)Cc3ccco3)n2)c1. The van der Waals surface area contributed by atoms with E-state index in [1.165, 1.54) is 29.1 Å². The van der Waals surface area contributed by atoms with Gasteiger partial charge in [0.2, 0.25) is 0 Å². The topological polar surface area (TPSA) is 59.2 Å². The second kappa shape index (κ2) is 10.5. The molecule has 0 radical (unpaired) electrons. The molecule has 162 valence electrons. The second-order valence-electron chi connectivity index (χ2n) is 7.35. The van der Waals surface area contributed by atoms with E-state index in [4.69, 9.17) is 16.0 Å². The van der Waals surface area contributed by atoms with Crippen molar-refractivity contribution in [3.05, 3.63) is 112 Å². The van der Waals surface area contributed by atoms with Crippen LogP contribution in [0, 0.1) is 6.92 Å². The number of nitrogens with zero attached hydrogens (tertiary/aromatic N) is 3.